The Morgan fingerprint density at radius 3 is 2.59 bits per heavy atom. The minimum atomic E-state index is -0.108. The highest BCUT2D eigenvalue weighted by atomic mass is 16.2. The summed E-state index contributed by atoms with van der Waals surface area (Å²) in [6, 6.07) is 8.15. The SMILES string of the molecule is CC(=O)N1[C@H](C)CN(c2cccc(-c3c[nH]c4ncc(NC(=O)C(C)C)cc34)n2)C[C@@H]1C.[HH]. The molecule has 4 rings (SSSR count). The second-order valence-electron chi connectivity index (χ2n) is 8.88. The van der Waals surface area contributed by atoms with Gasteiger partial charge in [0.25, 0.3) is 0 Å². The fraction of sp³-hybridized carbons (Fsp3) is 0.417. The van der Waals surface area contributed by atoms with Gasteiger partial charge in [-0.3, -0.25) is 9.59 Å². The Morgan fingerprint density at radius 2 is 1.94 bits per heavy atom. The standard InChI is InChI=1S/C24H30N6O2.H2/c1-14(2)24(32)27-18-9-19-20(11-26-23(19)25-10-18)21-7-6-8-22(28-21)29-12-15(3)30(17(5)31)16(4)13-29;/h6-11,14-16H,12-13H2,1-5H3,(H,25,26)(H,27,32);1H/t15-,16+;. The summed E-state index contributed by atoms with van der Waals surface area (Å²) < 4.78 is 0. The number of aromatic nitrogens is 3. The summed E-state index contributed by atoms with van der Waals surface area (Å²) in [5.74, 6) is 0.841. The molecule has 32 heavy (non-hydrogen) atoms. The van der Waals surface area contributed by atoms with Gasteiger partial charge in [0.1, 0.15) is 11.5 Å². The number of hydrogen-bond donors (Lipinski definition) is 2. The largest absolute Gasteiger partial charge is 0.352 e. The van der Waals surface area contributed by atoms with Gasteiger partial charge in [-0.25, -0.2) is 9.97 Å². The number of hydrogen-bond acceptors (Lipinski definition) is 5. The Kier molecular flexibility index (Phi) is 5.86. The van der Waals surface area contributed by atoms with Crippen molar-refractivity contribution in [3.8, 4) is 11.3 Å². The minimum Gasteiger partial charge on any atom is -0.352 e. The number of carbonyl (C=O) groups is 2. The molecule has 2 amide bonds. The molecule has 2 atom stereocenters. The van der Waals surface area contributed by atoms with Gasteiger partial charge in [0.05, 0.1) is 17.6 Å². The number of pyridine rings is 2. The molecular formula is C24H32N6O2. The lowest BCUT2D eigenvalue weighted by atomic mass is 10.1. The third-order valence-corrected chi connectivity index (χ3v) is 5.94. The first kappa shape index (κ1) is 21.8. The molecule has 170 valence electrons. The van der Waals surface area contributed by atoms with E-state index < -0.39 is 0 Å². The Hall–Kier alpha value is -3.42. The first-order chi connectivity index (χ1) is 15.2. The van der Waals surface area contributed by atoms with E-state index in [9.17, 15) is 9.59 Å². The van der Waals surface area contributed by atoms with Crippen molar-refractivity contribution in [1.82, 2.24) is 19.9 Å². The van der Waals surface area contributed by atoms with Gasteiger partial charge >= 0.3 is 0 Å². The van der Waals surface area contributed by atoms with E-state index in [0.29, 0.717) is 5.69 Å². The number of anilines is 2. The number of H-pyrrole nitrogens is 1. The molecule has 2 N–H and O–H groups in total. The van der Waals surface area contributed by atoms with Crippen molar-refractivity contribution in [3.05, 3.63) is 36.7 Å². The van der Waals surface area contributed by atoms with Crippen LogP contribution in [-0.4, -0.2) is 56.8 Å². The molecule has 0 spiro atoms. The lowest BCUT2D eigenvalue weighted by molar-refractivity contribution is -0.133. The number of amides is 2. The average molecular weight is 437 g/mol. The van der Waals surface area contributed by atoms with Crippen molar-refractivity contribution >= 4 is 34.4 Å². The lowest BCUT2D eigenvalue weighted by Gasteiger charge is -2.44. The summed E-state index contributed by atoms with van der Waals surface area (Å²) in [6.45, 7) is 11.0. The summed E-state index contributed by atoms with van der Waals surface area (Å²) in [4.78, 5) is 40.8. The van der Waals surface area contributed by atoms with E-state index in [1.165, 1.54) is 0 Å². The molecule has 1 aliphatic heterocycles. The maximum absolute atomic E-state index is 12.1. The van der Waals surface area contributed by atoms with Gasteiger partial charge in [-0.05, 0) is 32.0 Å². The maximum atomic E-state index is 12.1. The van der Waals surface area contributed by atoms with E-state index >= 15 is 0 Å². The number of carbonyl (C=O) groups excluding carboxylic acids is 2. The average Bonchev–Trinajstić information content (AvgIpc) is 3.16. The smallest absolute Gasteiger partial charge is 0.226 e. The molecule has 0 aliphatic carbocycles. The van der Waals surface area contributed by atoms with Crippen molar-refractivity contribution in [1.29, 1.82) is 0 Å². The number of nitrogens with zero attached hydrogens (tertiary/aromatic N) is 4. The second-order valence-corrected chi connectivity index (χ2v) is 8.88. The molecule has 1 aliphatic rings. The van der Waals surface area contributed by atoms with E-state index in [-0.39, 0.29) is 31.2 Å². The topological polar surface area (TPSA) is 94.2 Å². The zero-order chi connectivity index (χ0) is 23.0. The van der Waals surface area contributed by atoms with E-state index in [2.05, 4.69) is 34.0 Å². The van der Waals surface area contributed by atoms with Crippen LogP contribution >= 0.6 is 0 Å². The van der Waals surface area contributed by atoms with Crippen LogP contribution < -0.4 is 10.2 Å². The zero-order valence-electron chi connectivity index (χ0n) is 19.2. The predicted molar refractivity (Wildman–Crippen MR) is 129 cm³/mol. The van der Waals surface area contributed by atoms with Gasteiger partial charge in [-0.2, -0.15) is 0 Å². The van der Waals surface area contributed by atoms with Crippen molar-refractivity contribution in [2.45, 2.75) is 46.7 Å². The number of piperazine rings is 1. The monoisotopic (exact) mass is 436 g/mol. The molecule has 0 saturated carbocycles. The third-order valence-electron chi connectivity index (χ3n) is 5.94. The highest BCUT2D eigenvalue weighted by Crippen LogP contribution is 2.30. The van der Waals surface area contributed by atoms with Gasteiger partial charge in [0.2, 0.25) is 11.8 Å². The van der Waals surface area contributed by atoms with Gasteiger partial charge in [-0.1, -0.05) is 19.9 Å². The summed E-state index contributed by atoms with van der Waals surface area (Å²) in [6.07, 6.45) is 3.56. The van der Waals surface area contributed by atoms with Crippen LogP contribution in [0, 0.1) is 5.92 Å². The summed E-state index contributed by atoms with van der Waals surface area (Å²) in [5, 5.41) is 3.81. The van der Waals surface area contributed by atoms with E-state index in [4.69, 9.17) is 4.98 Å². The number of nitrogens with one attached hydrogen (secondary N) is 2. The van der Waals surface area contributed by atoms with Crippen LogP contribution in [0.3, 0.4) is 0 Å². The molecule has 3 aromatic rings. The van der Waals surface area contributed by atoms with Gasteiger partial charge in [-0.15, -0.1) is 0 Å². The lowest BCUT2D eigenvalue weighted by Crippen LogP contribution is -2.58. The van der Waals surface area contributed by atoms with E-state index in [0.717, 1.165) is 41.2 Å². The van der Waals surface area contributed by atoms with Crippen molar-refractivity contribution in [2.75, 3.05) is 23.3 Å². The Labute approximate surface area is 189 Å². The summed E-state index contributed by atoms with van der Waals surface area (Å²) in [5.41, 5.74) is 3.17. The number of fused-ring (bicyclic) bond motifs is 1. The summed E-state index contributed by atoms with van der Waals surface area (Å²) >= 11 is 0. The first-order valence-corrected chi connectivity index (χ1v) is 11.0. The normalized spacial score (nSPS) is 18.9. The van der Waals surface area contributed by atoms with Crippen LogP contribution in [-0.2, 0) is 9.59 Å². The molecule has 4 heterocycles. The summed E-state index contributed by atoms with van der Waals surface area (Å²) in [7, 11) is 0. The second kappa shape index (κ2) is 8.61. The van der Waals surface area contributed by atoms with E-state index in [1.54, 1.807) is 13.1 Å². The van der Waals surface area contributed by atoms with Gasteiger partial charge in [0, 0.05) is 56.6 Å². The molecule has 0 aromatic carbocycles. The fourth-order valence-electron chi connectivity index (χ4n) is 4.45. The Bertz CT molecular complexity index is 1150. The molecule has 0 radical (unpaired) electrons. The van der Waals surface area contributed by atoms with Crippen molar-refractivity contribution in [3.63, 3.8) is 0 Å². The van der Waals surface area contributed by atoms with E-state index in [1.807, 2.05) is 49.2 Å². The van der Waals surface area contributed by atoms with Crippen molar-refractivity contribution in [2.24, 2.45) is 5.92 Å². The molecule has 0 unspecified atom stereocenters. The molecule has 8 heteroatoms. The molecular weight excluding hydrogens is 404 g/mol. The minimum absolute atomic E-state index is 0. The van der Waals surface area contributed by atoms with Gasteiger partial charge < -0.3 is 20.1 Å². The highest BCUT2D eigenvalue weighted by Gasteiger charge is 2.31. The number of rotatable bonds is 4. The Balaban J connectivity index is 0.00000306. The van der Waals surface area contributed by atoms with Crippen LogP contribution in [0.5, 0.6) is 0 Å². The van der Waals surface area contributed by atoms with Gasteiger partial charge in [0.15, 0.2) is 0 Å². The molecule has 0 bridgehead atoms. The quantitative estimate of drug-likeness (QED) is 0.647. The zero-order valence-corrected chi connectivity index (χ0v) is 19.2. The third kappa shape index (κ3) is 4.17. The fourth-order valence-corrected chi connectivity index (χ4v) is 4.45. The maximum Gasteiger partial charge on any atom is 0.226 e. The predicted octanol–water partition coefficient (Wildman–Crippen LogP) is 3.91. The van der Waals surface area contributed by atoms with Crippen LogP contribution in [0.25, 0.3) is 22.3 Å². The molecule has 1 fully saturated rings. The number of aromatic amines is 1. The van der Waals surface area contributed by atoms with Crippen LogP contribution in [0.15, 0.2) is 36.7 Å². The molecule has 8 nitrogen and oxygen atoms in total. The Morgan fingerprint density at radius 1 is 1.22 bits per heavy atom. The molecule has 1 saturated heterocycles. The van der Waals surface area contributed by atoms with Crippen molar-refractivity contribution < 1.29 is 11.0 Å². The first-order valence-electron chi connectivity index (χ1n) is 11.0. The highest BCUT2D eigenvalue weighted by molar-refractivity contribution is 5.98. The molecule has 3 aromatic heterocycles. The van der Waals surface area contributed by atoms with Crippen LogP contribution in [0.1, 0.15) is 36.0 Å². The van der Waals surface area contributed by atoms with Crippen LogP contribution in [0.2, 0.25) is 0 Å². The van der Waals surface area contributed by atoms with Crippen LogP contribution in [0.4, 0.5) is 11.5 Å².